The molecule has 0 fully saturated rings. The SMILES string of the molecule is CCOC(=O)Cn1c(=S)[nH]c2c(CC)nn(C)c21. The average molecular weight is 268 g/mol. The summed E-state index contributed by atoms with van der Waals surface area (Å²) in [5, 5.41) is 4.39. The predicted molar refractivity (Wildman–Crippen MR) is 69.9 cm³/mol. The summed E-state index contributed by atoms with van der Waals surface area (Å²) in [5.74, 6) is -0.297. The fraction of sp³-hybridized carbons (Fsp3) is 0.545. The number of aromatic nitrogens is 4. The van der Waals surface area contributed by atoms with Crippen LogP contribution in [0.3, 0.4) is 0 Å². The summed E-state index contributed by atoms with van der Waals surface area (Å²) in [5.41, 5.74) is 2.67. The molecule has 7 heteroatoms. The van der Waals surface area contributed by atoms with Crippen LogP contribution in [0.15, 0.2) is 0 Å². The second-order valence-corrected chi connectivity index (χ2v) is 4.33. The van der Waals surface area contributed by atoms with Crippen LogP contribution >= 0.6 is 12.2 Å². The van der Waals surface area contributed by atoms with Crippen molar-refractivity contribution in [1.82, 2.24) is 19.3 Å². The van der Waals surface area contributed by atoms with E-state index < -0.39 is 0 Å². The minimum Gasteiger partial charge on any atom is -0.465 e. The summed E-state index contributed by atoms with van der Waals surface area (Å²) in [7, 11) is 1.84. The third kappa shape index (κ3) is 2.05. The zero-order valence-electron chi connectivity index (χ0n) is 10.7. The van der Waals surface area contributed by atoms with Crippen molar-refractivity contribution in [1.29, 1.82) is 0 Å². The van der Waals surface area contributed by atoms with Crippen LogP contribution in [0.25, 0.3) is 11.2 Å². The molecule has 0 radical (unpaired) electrons. The van der Waals surface area contributed by atoms with E-state index >= 15 is 0 Å². The van der Waals surface area contributed by atoms with Crippen LogP contribution in [0.1, 0.15) is 19.5 Å². The Labute approximate surface area is 110 Å². The molecule has 1 N–H and O–H groups in total. The van der Waals surface area contributed by atoms with Gasteiger partial charge >= 0.3 is 5.97 Å². The van der Waals surface area contributed by atoms with Crippen LogP contribution in [-0.2, 0) is 29.5 Å². The van der Waals surface area contributed by atoms with Gasteiger partial charge in [0.2, 0.25) is 0 Å². The maximum Gasteiger partial charge on any atom is 0.326 e. The molecule has 0 saturated heterocycles. The molecule has 0 bridgehead atoms. The van der Waals surface area contributed by atoms with Gasteiger partial charge in [-0.05, 0) is 25.6 Å². The number of carbonyl (C=O) groups is 1. The van der Waals surface area contributed by atoms with E-state index in [1.807, 2.05) is 14.0 Å². The van der Waals surface area contributed by atoms with Crippen molar-refractivity contribution in [3.05, 3.63) is 10.5 Å². The Bertz CT molecular complexity index is 637. The number of imidazole rings is 1. The maximum absolute atomic E-state index is 11.6. The van der Waals surface area contributed by atoms with Gasteiger partial charge in [0, 0.05) is 7.05 Å². The Morgan fingerprint density at radius 2 is 2.22 bits per heavy atom. The van der Waals surface area contributed by atoms with Gasteiger partial charge in [0.1, 0.15) is 12.1 Å². The first-order valence-electron chi connectivity index (χ1n) is 5.88. The van der Waals surface area contributed by atoms with Crippen molar-refractivity contribution in [2.24, 2.45) is 7.05 Å². The van der Waals surface area contributed by atoms with Gasteiger partial charge in [-0.15, -0.1) is 0 Å². The first kappa shape index (κ1) is 12.8. The lowest BCUT2D eigenvalue weighted by Gasteiger charge is -2.04. The Morgan fingerprint density at radius 3 is 2.83 bits per heavy atom. The number of fused-ring (bicyclic) bond motifs is 1. The van der Waals surface area contributed by atoms with Gasteiger partial charge in [0.25, 0.3) is 0 Å². The van der Waals surface area contributed by atoms with Crippen LogP contribution < -0.4 is 0 Å². The van der Waals surface area contributed by atoms with Gasteiger partial charge in [-0.2, -0.15) is 5.10 Å². The summed E-state index contributed by atoms with van der Waals surface area (Å²) in [6.07, 6.45) is 0.812. The molecule has 0 saturated carbocycles. The number of ether oxygens (including phenoxy) is 1. The third-order valence-electron chi connectivity index (χ3n) is 2.75. The van der Waals surface area contributed by atoms with Gasteiger partial charge in [-0.1, -0.05) is 6.92 Å². The zero-order chi connectivity index (χ0) is 13.3. The molecule has 6 nitrogen and oxygen atoms in total. The molecule has 0 atom stereocenters. The number of carbonyl (C=O) groups excluding carboxylic acids is 1. The second-order valence-electron chi connectivity index (χ2n) is 3.94. The van der Waals surface area contributed by atoms with Crippen LogP contribution in [0.2, 0.25) is 0 Å². The van der Waals surface area contributed by atoms with Crippen molar-refractivity contribution in [3.8, 4) is 0 Å². The van der Waals surface area contributed by atoms with E-state index in [1.165, 1.54) is 0 Å². The van der Waals surface area contributed by atoms with E-state index in [9.17, 15) is 4.79 Å². The van der Waals surface area contributed by atoms with E-state index in [0.717, 1.165) is 23.3 Å². The molecule has 18 heavy (non-hydrogen) atoms. The fourth-order valence-electron chi connectivity index (χ4n) is 2.01. The highest BCUT2D eigenvalue weighted by molar-refractivity contribution is 7.71. The summed E-state index contributed by atoms with van der Waals surface area (Å²) < 4.78 is 8.91. The first-order valence-corrected chi connectivity index (χ1v) is 6.29. The standard InChI is InChI=1S/C11H16N4O2S/c1-4-7-9-10(14(3)13-7)15(11(18)12-9)6-8(16)17-5-2/h4-6H2,1-3H3,(H,12,18). The summed E-state index contributed by atoms with van der Waals surface area (Å²) in [6, 6.07) is 0. The fourth-order valence-corrected chi connectivity index (χ4v) is 2.26. The largest absolute Gasteiger partial charge is 0.465 e. The van der Waals surface area contributed by atoms with Crippen LogP contribution in [-0.4, -0.2) is 31.9 Å². The number of nitrogens with one attached hydrogen (secondary N) is 1. The number of aromatic amines is 1. The van der Waals surface area contributed by atoms with E-state index in [1.54, 1.807) is 16.2 Å². The highest BCUT2D eigenvalue weighted by Gasteiger charge is 2.16. The predicted octanol–water partition coefficient (Wildman–Crippen LogP) is 1.56. The number of hydrogen-bond acceptors (Lipinski definition) is 4. The van der Waals surface area contributed by atoms with Gasteiger partial charge < -0.3 is 9.72 Å². The molecule has 0 aliphatic rings. The Hall–Kier alpha value is -1.63. The van der Waals surface area contributed by atoms with Crippen molar-refractivity contribution in [2.45, 2.75) is 26.8 Å². The number of hydrogen-bond donors (Lipinski definition) is 1. The molecule has 2 heterocycles. The van der Waals surface area contributed by atoms with Crippen molar-refractivity contribution in [3.63, 3.8) is 0 Å². The minimum atomic E-state index is -0.297. The molecule has 0 spiro atoms. The molecule has 0 amide bonds. The summed E-state index contributed by atoms with van der Waals surface area (Å²) in [4.78, 5) is 14.7. The monoisotopic (exact) mass is 268 g/mol. The molecule has 2 rings (SSSR count). The third-order valence-corrected chi connectivity index (χ3v) is 3.07. The molecule has 98 valence electrons. The van der Waals surface area contributed by atoms with Crippen LogP contribution in [0.5, 0.6) is 0 Å². The molecule has 2 aromatic heterocycles. The van der Waals surface area contributed by atoms with Gasteiger partial charge in [0.05, 0.1) is 12.3 Å². The molecule has 0 aliphatic carbocycles. The first-order chi connectivity index (χ1) is 8.58. The maximum atomic E-state index is 11.6. The smallest absolute Gasteiger partial charge is 0.326 e. The molecular weight excluding hydrogens is 252 g/mol. The molecular formula is C11H16N4O2S. The number of aryl methyl sites for hydroxylation is 2. The lowest BCUT2D eigenvalue weighted by molar-refractivity contribution is -0.143. The van der Waals surface area contributed by atoms with E-state index in [0.29, 0.717) is 11.4 Å². The Morgan fingerprint density at radius 1 is 1.50 bits per heavy atom. The van der Waals surface area contributed by atoms with Crippen molar-refractivity contribution < 1.29 is 9.53 Å². The highest BCUT2D eigenvalue weighted by Crippen LogP contribution is 2.18. The van der Waals surface area contributed by atoms with E-state index in [-0.39, 0.29) is 12.5 Å². The van der Waals surface area contributed by atoms with Gasteiger partial charge in [0.15, 0.2) is 10.4 Å². The summed E-state index contributed by atoms with van der Waals surface area (Å²) in [6.45, 7) is 4.28. The second kappa shape index (κ2) is 4.93. The average Bonchev–Trinajstić information content (AvgIpc) is 2.79. The highest BCUT2D eigenvalue weighted by atomic mass is 32.1. The molecule has 0 unspecified atom stereocenters. The van der Waals surface area contributed by atoms with Gasteiger partial charge in [-0.3, -0.25) is 14.0 Å². The number of esters is 1. The Kier molecular flexibility index (Phi) is 3.51. The normalized spacial score (nSPS) is 11.1. The molecule has 0 aromatic carbocycles. The quantitative estimate of drug-likeness (QED) is 0.675. The summed E-state index contributed by atoms with van der Waals surface area (Å²) >= 11 is 5.23. The molecule has 2 aromatic rings. The van der Waals surface area contributed by atoms with Crippen molar-refractivity contribution >= 4 is 29.4 Å². The van der Waals surface area contributed by atoms with Crippen LogP contribution in [0.4, 0.5) is 0 Å². The van der Waals surface area contributed by atoms with E-state index in [2.05, 4.69) is 10.1 Å². The Balaban J connectivity index is 2.50. The topological polar surface area (TPSA) is 64.8 Å². The zero-order valence-corrected chi connectivity index (χ0v) is 11.5. The minimum absolute atomic E-state index is 0.107. The van der Waals surface area contributed by atoms with Crippen molar-refractivity contribution in [2.75, 3.05) is 6.61 Å². The molecule has 0 aliphatic heterocycles. The lowest BCUT2D eigenvalue weighted by Crippen LogP contribution is -2.14. The van der Waals surface area contributed by atoms with Crippen LogP contribution in [0, 0.1) is 4.77 Å². The number of rotatable bonds is 4. The lowest BCUT2D eigenvalue weighted by atomic mass is 10.3. The van der Waals surface area contributed by atoms with E-state index in [4.69, 9.17) is 17.0 Å². The van der Waals surface area contributed by atoms with Gasteiger partial charge in [-0.25, -0.2) is 0 Å². The number of nitrogens with zero attached hydrogens (tertiary/aromatic N) is 3. The number of H-pyrrole nitrogens is 1.